The van der Waals surface area contributed by atoms with Crippen molar-refractivity contribution in [1.29, 1.82) is 0 Å². The fourth-order valence-electron chi connectivity index (χ4n) is 1.62. The normalized spacial score (nSPS) is 36.0. The van der Waals surface area contributed by atoms with Crippen LogP contribution >= 0.6 is 15.6 Å². The van der Waals surface area contributed by atoms with Gasteiger partial charge in [0.2, 0.25) is 0 Å². The lowest BCUT2D eigenvalue weighted by atomic mass is 9.99. The second kappa shape index (κ2) is 6.44. The molecular formula is C6H14O12P2. The zero-order valence-electron chi connectivity index (χ0n) is 9.66. The van der Waals surface area contributed by atoms with E-state index in [0.717, 1.165) is 0 Å². The molecule has 0 aromatic rings. The summed E-state index contributed by atoms with van der Waals surface area (Å²) in [6.45, 7) is -0.921. The van der Waals surface area contributed by atoms with E-state index < -0.39 is 53.0 Å². The maximum Gasteiger partial charge on any atom is 0.470 e. The van der Waals surface area contributed by atoms with E-state index in [9.17, 15) is 19.3 Å². The summed E-state index contributed by atoms with van der Waals surface area (Å²) in [5.41, 5.74) is 0. The van der Waals surface area contributed by atoms with Crippen LogP contribution < -0.4 is 0 Å². The molecule has 120 valence electrons. The summed E-state index contributed by atoms with van der Waals surface area (Å²) in [6, 6.07) is 0. The van der Waals surface area contributed by atoms with Gasteiger partial charge in [0.15, 0.2) is 6.29 Å². The number of rotatable bonds is 5. The lowest BCUT2D eigenvalue weighted by Crippen LogP contribution is -2.59. The van der Waals surface area contributed by atoms with Gasteiger partial charge in [-0.25, -0.2) is 9.13 Å². The highest BCUT2D eigenvalue weighted by atomic mass is 31.2. The first kappa shape index (κ1) is 18.1. The van der Waals surface area contributed by atoms with Crippen LogP contribution in [0.15, 0.2) is 0 Å². The Balaban J connectivity index is 3.06. The molecule has 12 nitrogen and oxygen atoms in total. The fourth-order valence-corrected chi connectivity index (χ4v) is 2.75. The van der Waals surface area contributed by atoms with Gasteiger partial charge in [-0.15, -0.1) is 0 Å². The summed E-state index contributed by atoms with van der Waals surface area (Å²) in [5.74, 6) is 0. The first-order chi connectivity index (χ1) is 8.94. The minimum absolute atomic E-state index is 0.921. The Labute approximate surface area is 112 Å². The smallest absolute Gasteiger partial charge is 0.394 e. The van der Waals surface area contributed by atoms with Gasteiger partial charge in [0, 0.05) is 0 Å². The van der Waals surface area contributed by atoms with Crippen molar-refractivity contribution in [2.24, 2.45) is 0 Å². The van der Waals surface area contributed by atoms with E-state index >= 15 is 0 Å². The zero-order chi connectivity index (χ0) is 15.7. The second-order valence-electron chi connectivity index (χ2n) is 3.86. The van der Waals surface area contributed by atoms with E-state index in [1.165, 1.54) is 0 Å². The first-order valence-electron chi connectivity index (χ1n) is 5.05. The number of aliphatic hydroxyl groups excluding tert-OH is 3. The van der Waals surface area contributed by atoms with Gasteiger partial charge in [-0.3, -0.25) is 9.05 Å². The topological polar surface area (TPSA) is 203 Å². The number of hydrogen-bond donors (Lipinski definition) is 7. The van der Waals surface area contributed by atoms with Gasteiger partial charge in [0.1, 0.15) is 24.4 Å². The summed E-state index contributed by atoms with van der Waals surface area (Å²) < 4.78 is 34.5. The quantitative estimate of drug-likeness (QED) is 0.250. The Kier molecular flexibility index (Phi) is 5.83. The average molecular weight is 340 g/mol. The molecule has 0 spiro atoms. The Morgan fingerprint density at radius 3 is 1.80 bits per heavy atom. The molecule has 0 saturated carbocycles. The van der Waals surface area contributed by atoms with Crippen molar-refractivity contribution in [3.8, 4) is 0 Å². The summed E-state index contributed by atoms with van der Waals surface area (Å²) in [6.07, 6.45) is -9.61. The molecule has 0 aliphatic carbocycles. The van der Waals surface area contributed by atoms with E-state index in [1.54, 1.807) is 0 Å². The number of ether oxygens (including phenoxy) is 1. The van der Waals surface area contributed by atoms with Crippen molar-refractivity contribution < 1.29 is 57.8 Å². The second-order valence-corrected chi connectivity index (χ2v) is 6.24. The van der Waals surface area contributed by atoms with Crippen LogP contribution in [0.4, 0.5) is 0 Å². The van der Waals surface area contributed by atoms with Crippen molar-refractivity contribution in [3.05, 3.63) is 0 Å². The molecule has 1 aliphatic heterocycles. The van der Waals surface area contributed by atoms with Crippen molar-refractivity contribution >= 4 is 15.6 Å². The van der Waals surface area contributed by atoms with E-state index in [2.05, 4.69) is 13.8 Å². The van der Waals surface area contributed by atoms with Crippen molar-refractivity contribution in [2.75, 3.05) is 6.61 Å². The minimum atomic E-state index is -5.18. The molecule has 5 atom stereocenters. The standard InChI is InChI=1S/C6H14O12P2/c7-1-2-4(17-19(10,11)12)5(18-20(13,14)15)3(8)6(9)16-2/h2-9H,1H2,(H2,10,11,12)(H2,13,14,15)/t2-,3-,4+,5-,6-/m1/s1. The van der Waals surface area contributed by atoms with Crippen molar-refractivity contribution in [2.45, 2.75) is 30.7 Å². The third kappa shape index (κ3) is 5.11. The highest BCUT2D eigenvalue weighted by Crippen LogP contribution is 2.46. The first-order valence-corrected chi connectivity index (χ1v) is 8.11. The Bertz CT molecular complexity index is 390. The van der Waals surface area contributed by atoms with Gasteiger partial charge in [-0.05, 0) is 0 Å². The van der Waals surface area contributed by atoms with Crippen LogP contribution in [-0.4, -0.2) is 72.2 Å². The molecule has 1 heterocycles. The van der Waals surface area contributed by atoms with Gasteiger partial charge in [0.25, 0.3) is 0 Å². The Morgan fingerprint density at radius 2 is 1.40 bits per heavy atom. The summed E-state index contributed by atoms with van der Waals surface area (Å²) in [5, 5.41) is 27.8. The number of hydrogen-bond acceptors (Lipinski definition) is 8. The Hall–Kier alpha value is 0.0600. The van der Waals surface area contributed by atoms with Crippen molar-refractivity contribution in [3.63, 3.8) is 0 Å². The summed E-state index contributed by atoms with van der Waals surface area (Å²) in [4.78, 5) is 34.8. The molecule has 0 aromatic carbocycles. The lowest BCUT2D eigenvalue weighted by molar-refractivity contribution is -0.280. The molecule has 0 unspecified atom stereocenters. The monoisotopic (exact) mass is 340 g/mol. The molecule has 0 bridgehead atoms. The molecular weight excluding hydrogens is 326 g/mol. The summed E-state index contributed by atoms with van der Waals surface area (Å²) in [7, 11) is -10.3. The molecule has 14 heteroatoms. The molecule has 0 radical (unpaired) electrons. The van der Waals surface area contributed by atoms with Crippen LogP contribution in [0, 0.1) is 0 Å². The highest BCUT2D eigenvalue weighted by molar-refractivity contribution is 7.46. The van der Waals surface area contributed by atoms with Crippen LogP contribution in [-0.2, 0) is 22.9 Å². The zero-order valence-corrected chi connectivity index (χ0v) is 11.4. The van der Waals surface area contributed by atoms with Gasteiger partial charge < -0.3 is 39.6 Å². The fraction of sp³-hybridized carbons (Fsp3) is 1.00. The Morgan fingerprint density at radius 1 is 0.950 bits per heavy atom. The molecule has 20 heavy (non-hydrogen) atoms. The van der Waals surface area contributed by atoms with Gasteiger partial charge >= 0.3 is 15.6 Å². The predicted molar refractivity (Wildman–Crippen MR) is 57.8 cm³/mol. The summed E-state index contributed by atoms with van der Waals surface area (Å²) >= 11 is 0. The molecule has 1 saturated heterocycles. The molecule has 0 aromatic heterocycles. The minimum Gasteiger partial charge on any atom is -0.394 e. The largest absolute Gasteiger partial charge is 0.470 e. The van der Waals surface area contributed by atoms with E-state index in [1.807, 2.05) is 0 Å². The number of aliphatic hydroxyl groups is 3. The number of phosphoric ester groups is 2. The van der Waals surface area contributed by atoms with Crippen LogP contribution in [0.3, 0.4) is 0 Å². The SMILES string of the molecule is O=P(O)(O)O[C@@H]1[C@@H](O)[C@H](O)O[C@H](CO)[C@@H]1OP(=O)(O)O. The molecule has 0 amide bonds. The molecule has 1 rings (SSSR count). The molecule has 7 N–H and O–H groups in total. The van der Waals surface area contributed by atoms with E-state index in [4.69, 9.17) is 24.7 Å². The van der Waals surface area contributed by atoms with Gasteiger partial charge in [-0.1, -0.05) is 0 Å². The maximum atomic E-state index is 10.8. The van der Waals surface area contributed by atoms with Crippen LogP contribution in [0.5, 0.6) is 0 Å². The van der Waals surface area contributed by atoms with Gasteiger partial charge in [0.05, 0.1) is 6.61 Å². The third-order valence-corrected chi connectivity index (χ3v) is 3.37. The molecule has 1 aliphatic rings. The molecule has 1 fully saturated rings. The predicted octanol–water partition coefficient (Wildman–Crippen LogP) is -2.99. The van der Waals surface area contributed by atoms with E-state index in [-0.39, 0.29) is 0 Å². The van der Waals surface area contributed by atoms with Crippen molar-refractivity contribution in [1.82, 2.24) is 0 Å². The van der Waals surface area contributed by atoms with Gasteiger partial charge in [-0.2, -0.15) is 0 Å². The maximum absolute atomic E-state index is 10.8. The lowest BCUT2D eigenvalue weighted by Gasteiger charge is -2.41. The van der Waals surface area contributed by atoms with Crippen LogP contribution in [0.25, 0.3) is 0 Å². The average Bonchev–Trinajstić information content (AvgIpc) is 2.25. The van der Waals surface area contributed by atoms with Crippen LogP contribution in [0.2, 0.25) is 0 Å². The third-order valence-electron chi connectivity index (χ3n) is 2.33. The number of phosphoric acid groups is 2. The van der Waals surface area contributed by atoms with E-state index in [0.29, 0.717) is 0 Å². The highest BCUT2D eigenvalue weighted by Gasteiger charge is 2.50. The van der Waals surface area contributed by atoms with Crippen LogP contribution in [0.1, 0.15) is 0 Å².